The number of benzene rings is 2. The molecule has 21 heavy (non-hydrogen) atoms. The molecule has 0 atom stereocenters. The van der Waals surface area contributed by atoms with Crippen molar-refractivity contribution < 1.29 is 12.8 Å². The molecule has 0 radical (unpaired) electrons. The highest BCUT2D eigenvalue weighted by molar-refractivity contribution is 7.92. The number of anilines is 2. The number of rotatable bonds is 3. The van der Waals surface area contributed by atoms with Gasteiger partial charge < -0.3 is 5.32 Å². The van der Waals surface area contributed by atoms with Gasteiger partial charge in [-0.3, -0.25) is 4.72 Å². The fraction of sp³-hybridized carbons (Fsp3) is 0.200. The van der Waals surface area contributed by atoms with E-state index >= 15 is 0 Å². The van der Waals surface area contributed by atoms with Crippen molar-refractivity contribution in [3.8, 4) is 0 Å². The average molecular weight is 306 g/mol. The van der Waals surface area contributed by atoms with E-state index in [1.165, 1.54) is 18.2 Å². The number of nitrogens with one attached hydrogen (secondary N) is 2. The van der Waals surface area contributed by atoms with Crippen LogP contribution in [0.4, 0.5) is 15.8 Å². The van der Waals surface area contributed by atoms with Crippen molar-refractivity contribution in [2.24, 2.45) is 0 Å². The summed E-state index contributed by atoms with van der Waals surface area (Å²) in [6, 6.07) is 10.8. The summed E-state index contributed by atoms with van der Waals surface area (Å²) in [4.78, 5) is 0.204. The Kier molecular flexibility index (Phi) is 3.55. The van der Waals surface area contributed by atoms with Crippen molar-refractivity contribution >= 4 is 21.4 Å². The lowest BCUT2D eigenvalue weighted by Gasteiger charge is -2.21. The molecule has 6 heteroatoms. The summed E-state index contributed by atoms with van der Waals surface area (Å²) in [6.45, 7) is 0.831. The topological polar surface area (TPSA) is 58.2 Å². The van der Waals surface area contributed by atoms with Gasteiger partial charge in [-0.25, -0.2) is 12.8 Å². The Morgan fingerprint density at radius 2 is 1.90 bits per heavy atom. The Bertz CT molecular complexity index is 775. The number of hydrogen-bond acceptors (Lipinski definition) is 3. The predicted octanol–water partition coefficient (Wildman–Crippen LogP) is 2.98. The van der Waals surface area contributed by atoms with Crippen LogP contribution in [0.3, 0.4) is 0 Å². The normalized spacial score (nSPS) is 14.1. The molecule has 3 rings (SSSR count). The van der Waals surface area contributed by atoms with Crippen molar-refractivity contribution in [1.29, 1.82) is 0 Å². The first-order valence-corrected chi connectivity index (χ1v) is 8.19. The molecule has 1 aliphatic rings. The maximum absolute atomic E-state index is 13.6. The van der Waals surface area contributed by atoms with Crippen LogP contribution in [0, 0.1) is 5.82 Å². The predicted molar refractivity (Wildman–Crippen MR) is 80.5 cm³/mol. The van der Waals surface area contributed by atoms with Crippen molar-refractivity contribution in [1.82, 2.24) is 0 Å². The lowest BCUT2D eigenvalue weighted by atomic mass is 10.0. The molecule has 2 N–H and O–H groups in total. The van der Waals surface area contributed by atoms with Crippen molar-refractivity contribution in [3.63, 3.8) is 0 Å². The van der Waals surface area contributed by atoms with E-state index in [0.29, 0.717) is 6.42 Å². The number of halogens is 1. The summed E-state index contributed by atoms with van der Waals surface area (Å²) < 4.78 is 41.0. The molecule has 1 heterocycles. The van der Waals surface area contributed by atoms with Gasteiger partial charge in [-0.05, 0) is 42.7 Å². The molecule has 0 amide bonds. The SMILES string of the molecule is O=S(=O)(Nc1ccccc1F)c1cccc2c1CCCN2. The van der Waals surface area contributed by atoms with Crippen LogP contribution in [0.5, 0.6) is 0 Å². The maximum Gasteiger partial charge on any atom is 0.262 e. The van der Waals surface area contributed by atoms with Gasteiger partial charge in [0.1, 0.15) is 5.82 Å². The Morgan fingerprint density at radius 1 is 1.10 bits per heavy atom. The maximum atomic E-state index is 13.6. The fourth-order valence-electron chi connectivity index (χ4n) is 2.47. The molecule has 0 bridgehead atoms. The monoisotopic (exact) mass is 306 g/mol. The van der Waals surface area contributed by atoms with Crippen LogP contribution >= 0.6 is 0 Å². The van der Waals surface area contributed by atoms with Gasteiger partial charge in [0, 0.05) is 12.2 Å². The van der Waals surface area contributed by atoms with Crippen molar-refractivity contribution in [2.45, 2.75) is 17.7 Å². The first-order chi connectivity index (χ1) is 10.1. The number of fused-ring (bicyclic) bond motifs is 1. The molecule has 110 valence electrons. The zero-order valence-electron chi connectivity index (χ0n) is 11.3. The molecule has 0 unspecified atom stereocenters. The molecule has 4 nitrogen and oxygen atoms in total. The van der Waals surface area contributed by atoms with E-state index < -0.39 is 15.8 Å². The van der Waals surface area contributed by atoms with Gasteiger partial charge in [0.25, 0.3) is 10.0 Å². The Hall–Kier alpha value is -2.08. The molecular formula is C15H15FN2O2S. The third-order valence-corrected chi connectivity index (χ3v) is 4.91. The first-order valence-electron chi connectivity index (χ1n) is 6.71. The molecule has 0 fully saturated rings. The minimum Gasteiger partial charge on any atom is -0.385 e. The largest absolute Gasteiger partial charge is 0.385 e. The van der Waals surface area contributed by atoms with Crippen molar-refractivity contribution in [3.05, 3.63) is 53.8 Å². The van der Waals surface area contributed by atoms with Crippen LogP contribution in [0.1, 0.15) is 12.0 Å². The molecule has 2 aromatic rings. The molecule has 0 saturated heterocycles. The summed E-state index contributed by atoms with van der Waals surface area (Å²) in [7, 11) is -3.81. The van der Waals surface area contributed by atoms with Crippen LogP contribution in [0.25, 0.3) is 0 Å². The summed E-state index contributed by atoms with van der Waals surface area (Å²) in [5.41, 5.74) is 1.55. The van der Waals surface area contributed by atoms with E-state index in [1.807, 2.05) is 6.07 Å². The van der Waals surface area contributed by atoms with E-state index in [4.69, 9.17) is 0 Å². The lowest BCUT2D eigenvalue weighted by Crippen LogP contribution is -2.19. The highest BCUT2D eigenvalue weighted by Crippen LogP contribution is 2.29. The summed E-state index contributed by atoms with van der Waals surface area (Å²) in [5.74, 6) is -0.594. The van der Waals surface area contributed by atoms with E-state index in [9.17, 15) is 12.8 Å². The van der Waals surface area contributed by atoms with E-state index in [-0.39, 0.29) is 10.6 Å². The fourth-order valence-corrected chi connectivity index (χ4v) is 3.83. The van der Waals surface area contributed by atoms with Crippen LogP contribution < -0.4 is 10.0 Å². The quantitative estimate of drug-likeness (QED) is 0.916. The van der Waals surface area contributed by atoms with Gasteiger partial charge in [0.05, 0.1) is 10.6 Å². The summed E-state index contributed by atoms with van der Waals surface area (Å²) in [6.07, 6.45) is 1.57. The second kappa shape index (κ2) is 5.37. The molecule has 0 saturated carbocycles. The van der Waals surface area contributed by atoms with Gasteiger partial charge >= 0.3 is 0 Å². The molecule has 0 spiro atoms. The third kappa shape index (κ3) is 2.71. The van der Waals surface area contributed by atoms with Crippen LogP contribution in [0.2, 0.25) is 0 Å². The molecule has 0 aromatic heterocycles. The summed E-state index contributed by atoms with van der Waals surface area (Å²) >= 11 is 0. The van der Waals surface area contributed by atoms with Gasteiger partial charge in [-0.2, -0.15) is 0 Å². The Morgan fingerprint density at radius 3 is 2.71 bits per heavy atom. The number of sulfonamides is 1. The third-order valence-electron chi connectivity index (χ3n) is 3.46. The number of para-hydroxylation sites is 1. The van der Waals surface area contributed by atoms with Gasteiger partial charge in [-0.15, -0.1) is 0 Å². The van der Waals surface area contributed by atoms with Gasteiger partial charge in [0.2, 0.25) is 0 Å². The highest BCUT2D eigenvalue weighted by atomic mass is 32.2. The van der Waals surface area contributed by atoms with Crippen LogP contribution in [-0.2, 0) is 16.4 Å². The van der Waals surface area contributed by atoms with Crippen LogP contribution in [0.15, 0.2) is 47.4 Å². The molecular weight excluding hydrogens is 291 g/mol. The van der Waals surface area contributed by atoms with Gasteiger partial charge in [0.15, 0.2) is 0 Å². The average Bonchev–Trinajstić information content (AvgIpc) is 2.49. The smallest absolute Gasteiger partial charge is 0.262 e. The Balaban J connectivity index is 2.01. The zero-order chi connectivity index (χ0) is 14.9. The standard InChI is InChI=1S/C15H15FN2O2S/c16-12-6-1-2-7-14(12)18-21(19,20)15-9-3-8-13-11(15)5-4-10-17-13/h1-3,6-9,17-18H,4-5,10H2. The second-order valence-corrected chi connectivity index (χ2v) is 6.55. The minimum atomic E-state index is -3.81. The second-order valence-electron chi connectivity index (χ2n) is 4.90. The highest BCUT2D eigenvalue weighted by Gasteiger charge is 2.23. The molecule has 0 aliphatic carbocycles. The lowest BCUT2D eigenvalue weighted by molar-refractivity contribution is 0.597. The molecule has 2 aromatic carbocycles. The minimum absolute atomic E-state index is 0.0427. The first kappa shape index (κ1) is 13.9. The van der Waals surface area contributed by atoms with Crippen LogP contribution in [-0.4, -0.2) is 15.0 Å². The summed E-state index contributed by atoms with van der Waals surface area (Å²) in [5, 5.41) is 3.18. The van der Waals surface area contributed by atoms with Crippen molar-refractivity contribution in [2.75, 3.05) is 16.6 Å². The van der Waals surface area contributed by atoms with E-state index in [0.717, 1.165) is 24.2 Å². The zero-order valence-corrected chi connectivity index (χ0v) is 12.1. The Labute approximate surface area is 123 Å². The van der Waals surface area contributed by atoms with E-state index in [1.54, 1.807) is 18.2 Å². The van der Waals surface area contributed by atoms with Gasteiger partial charge in [-0.1, -0.05) is 18.2 Å². The number of hydrogen-bond donors (Lipinski definition) is 2. The molecule has 1 aliphatic heterocycles. The van der Waals surface area contributed by atoms with E-state index in [2.05, 4.69) is 10.0 Å².